The molecule has 0 saturated heterocycles. The van der Waals surface area contributed by atoms with E-state index < -0.39 is 70.3 Å². The Kier molecular flexibility index (Phi) is 15.7. The molecule has 0 aliphatic carbocycles. The number of rotatable bonds is 18. The molecule has 5 atom stereocenters. The van der Waals surface area contributed by atoms with Crippen molar-refractivity contribution in [3.63, 3.8) is 0 Å². The van der Waals surface area contributed by atoms with Crippen LogP contribution in [0.4, 0.5) is 4.79 Å². The maximum atomic E-state index is 13.2. The lowest BCUT2D eigenvalue weighted by molar-refractivity contribution is -0.132. The number of hydrogen-bond donors (Lipinski definition) is 5. The number of carbonyl (C=O) groups excluding carboxylic acids is 4. The smallest absolute Gasteiger partial charge is 0.408 e. The van der Waals surface area contributed by atoms with Crippen LogP contribution in [0, 0.1) is 30.6 Å². The molecule has 0 aliphatic rings. The SMILES string of the molecule is Cc1noc(COC(=O)N[C@@H](CS(C)(=O)=O)C(=O)N[C@H](CC(C)C)[C@@H](O)C[C@@H](C)C(=O)N[C@@H](C(=O)NCC(C)C)C(C)C)n1. The number of aromatic nitrogens is 2. The minimum absolute atomic E-state index is 0.00167. The molecule has 0 radical (unpaired) electrons. The van der Waals surface area contributed by atoms with E-state index in [0.29, 0.717) is 18.8 Å². The van der Waals surface area contributed by atoms with Gasteiger partial charge in [-0.1, -0.05) is 53.6 Å². The summed E-state index contributed by atoms with van der Waals surface area (Å²) in [6, 6.07) is -3.19. The lowest BCUT2D eigenvalue weighted by Gasteiger charge is -2.30. The molecule has 0 unspecified atom stereocenters. The van der Waals surface area contributed by atoms with E-state index >= 15 is 0 Å². The van der Waals surface area contributed by atoms with Gasteiger partial charge in [0.15, 0.2) is 12.4 Å². The zero-order chi connectivity index (χ0) is 33.8. The van der Waals surface area contributed by atoms with Crippen molar-refractivity contribution in [2.75, 3.05) is 18.6 Å². The minimum Gasteiger partial charge on any atom is -0.439 e. The highest BCUT2D eigenvalue weighted by molar-refractivity contribution is 7.90. The van der Waals surface area contributed by atoms with Gasteiger partial charge in [-0.3, -0.25) is 14.4 Å². The van der Waals surface area contributed by atoms with Crippen LogP contribution in [0.3, 0.4) is 0 Å². The summed E-state index contributed by atoms with van der Waals surface area (Å²) in [5, 5.41) is 25.1. The molecule has 1 rings (SSSR count). The summed E-state index contributed by atoms with van der Waals surface area (Å²) >= 11 is 0. The Labute approximate surface area is 259 Å². The molecule has 0 aromatic carbocycles. The van der Waals surface area contributed by atoms with Crippen LogP contribution in [0.1, 0.15) is 73.0 Å². The van der Waals surface area contributed by atoms with Crippen molar-refractivity contribution >= 4 is 33.7 Å². The number of hydrogen-bond acceptors (Lipinski definition) is 11. The number of amides is 4. The van der Waals surface area contributed by atoms with E-state index in [1.54, 1.807) is 13.8 Å². The molecule has 16 heteroatoms. The van der Waals surface area contributed by atoms with Crippen LogP contribution in [0.5, 0.6) is 0 Å². The molecule has 0 aliphatic heterocycles. The normalized spacial score (nSPS) is 15.3. The van der Waals surface area contributed by atoms with Gasteiger partial charge in [0.2, 0.25) is 17.7 Å². The molecule has 1 heterocycles. The molecular formula is C28H50N6O9S. The van der Waals surface area contributed by atoms with Crippen LogP contribution in [-0.2, 0) is 35.6 Å². The van der Waals surface area contributed by atoms with Crippen molar-refractivity contribution in [3.05, 3.63) is 11.7 Å². The van der Waals surface area contributed by atoms with Crippen LogP contribution in [-0.4, -0.2) is 90.3 Å². The lowest BCUT2D eigenvalue weighted by Crippen LogP contribution is -2.55. The Balaban J connectivity index is 2.95. The van der Waals surface area contributed by atoms with Gasteiger partial charge in [-0.25, -0.2) is 13.2 Å². The molecule has 1 aromatic heterocycles. The topological polar surface area (TPSA) is 219 Å². The van der Waals surface area contributed by atoms with Gasteiger partial charge in [-0.15, -0.1) is 0 Å². The first-order chi connectivity index (χ1) is 20.3. The number of aliphatic hydroxyl groups excluding tert-OH is 1. The van der Waals surface area contributed by atoms with Crippen molar-refractivity contribution in [3.8, 4) is 0 Å². The van der Waals surface area contributed by atoms with E-state index in [0.717, 1.165) is 6.26 Å². The van der Waals surface area contributed by atoms with Gasteiger partial charge in [0.1, 0.15) is 21.9 Å². The van der Waals surface area contributed by atoms with Crippen LogP contribution in [0.15, 0.2) is 4.52 Å². The Morgan fingerprint density at radius 3 is 2.05 bits per heavy atom. The number of alkyl carbamates (subject to hydrolysis) is 1. The summed E-state index contributed by atoms with van der Waals surface area (Å²) in [6.07, 6.45) is -1.15. The number of aliphatic hydroxyl groups is 1. The highest BCUT2D eigenvalue weighted by atomic mass is 32.2. The summed E-state index contributed by atoms with van der Waals surface area (Å²) in [7, 11) is -3.74. The summed E-state index contributed by atoms with van der Waals surface area (Å²) in [5.41, 5.74) is 0. The molecule has 44 heavy (non-hydrogen) atoms. The van der Waals surface area contributed by atoms with Crippen LogP contribution >= 0.6 is 0 Å². The Morgan fingerprint density at radius 1 is 0.909 bits per heavy atom. The number of nitrogens with zero attached hydrogens (tertiary/aromatic N) is 2. The van der Waals surface area contributed by atoms with Gasteiger partial charge in [-0.05, 0) is 37.5 Å². The van der Waals surface area contributed by atoms with Crippen LogP contribution in [0.2, 0.25) is 0 Å². The number of aryl methyl sites for hydroxylation is 1. The largest absolute Gasteiger partial charge is 0.439 e. The first kappa shape index (κ1) is 38.8. The minimum atomic E-state index is -3.74. The first-order valence-electron chi connectivity index (χ1n) is 14.8. The Hall–Kier alpha value is -3.27. The lowest BCUT2D eigenvalue weighted by atomic mass is 9.91. The second-order valence-corrected chi connectivity index (χ2v) is 14.6. The van der Waals surface area contributed by atoms with E-state index in [-0.39, 0.29) is 36.0 Å². The molecule has 252 valence electrons. The van der Waals surface area contributed by atoms with E-state index in [9.17, 15) is 32.7 Å². The highest BCUT2D eigenvalue weighted by Crippen LogP contribution is 2.17. The van der Waals surface area contributed by atoms with E-state index in [4.69, 9.17) is 9.26 Å². The summed E-state index contributed by atoms with van der Waals surface area (Å²) in [6.45, 7) is 14.5. The van der Waals surface area contributed by atoms with Gasteiger partial charge < -0.3 is 35.6 Å². The van der Waals surface area contributed by atoms with Crippen molar-refractivity contribution in [1.82, 2.24) is 31.4 Å². The standard InChI is InChI=1S/C28H50N6O9S/c1-15(2)10-20(22(35)11-18(7)25(36)33-24(17(5)6)27(38)29-12-16(3)4)31-26(37)21(14-44(9,40)41)32-28(39)42-13-23-30-19(8)34-43-23/h15-18,20-22,24,35H,10-14H2,1-9H3,(H,29,38)(H,31,37)(H,32,39)(H,33,36)/t18-,20-,21+,22+,24-/m1/s1. The molecule has 0 spiro atoms. The fraction of sp³-hybridized carbons (Fsp3) is 0.786. The van der Waals surface area contributed by atoms with Crippen LogP contribution in [0.25, 0.3) is 0 Å². The predicted octanol–water partition coefficient (Wildman–Crippen LogP) is 0.848. The molecule has 0 fully saturated rings. The van der Waals surface area contributed by atoms with Gasteiger partial charge in [0, 0.05) is 18.7 Å². The Morgan fingerprint density at radius 2 is 1.55 bits per heavy atom. The first-order valence-corrected chi connectivity index (χ1v) is 16.8. The van der Waals surface area contributed by atoms with Gasteiger partial charge in [0.25, 0.3) is 5.89 Å². The average Bonchev–Trinajstić information content (AvgIpc) is 3.31. The Bertz CT molecular complexity index is 1200. The quantitative estimate of drug-likeness (QED) is 0.150. The van der Waals surface area contributed by atoms with E-state index in [1.807, 2.05) is 41.5 Å². The summed E-state index contributed by atoms with van der Waals surface area (Å²) in [5.74, 6) is -2.66. The van der Waals surface area contributed by atoms with E-state index in [2.05, 4.69) is 31.4 Å². The van der Waals surface area contributed by atoms with Gasteiger partial charge in [-0.2, -0.15) is 4.98 Å². The molecule has 4 amide bonds. The zero-order valence-corrected chi connectivity index (χ0v) is 28.0. The molecule has 0 saturated carbocycles. The van der Waals surface area contributed by atoms with Crippen molar-refractivity contribution in [1.29, 1.82) is 0 Å². The number of sulfone groups is 1. The van der Waals surface area contributed by atoms with Crippen molar-refractivity contribution in [2.24, 2.45) is 23.7 Å². The molecule has 5 N–H and O–H groups in total. The predicted molar refractivity (Wildman–Crippen MR) is 162 cm³/mol. The van der Waals surface area contributed by atoms with Gasteiger partial charge >= 0.3 is 6.09 Å². The number of carbonyl (C=O) groups is 4. The maximum Gasteiger partial charge on any atom is 0.408 e. The molecule has 1 aromatic rings. The average molecular weight is 647 g/mol. The van der Waals surface area contributed by atoms with Crippen molar-refractivity contribution < 1.29 is 42.0 Å². The summed E-state index contributed by atoms with van der Waals surface area (Å²) < 4.78 is 34.0. The number of ether oxygens (including phenoxy) is 1. The third-order valence-corrected chi connectivity index (χ3v) is 7.40. The fourth-order valence-electron chi connectivity index (χ4n) is 4.18. The maximum absolute atomic E-state index is 13.2. The zero-order valence-electron chi connectivity index (χ0n) is 27.2. The highest BCUT2D eigenvalue weighted by Gasteiger charge is 2.33. The monoisotopic (exact) mass is 646 g/mol. The molecule has 15 nitrogen and oxygen atoms in total. The third kappa shape index (κ3) is 14.9. The number of nitrogens with one attached hydrogen (secondary N) is 4. The van der Waals surface area contributed by atoms with Crippen molar-refractivity contribution in [2.45, 2.75) is 99.1 Å². The summed E-state index contributed by atoms with van der Waals surface area (Å²) in [4.78, 5) is 55.2. The van der Waals surface area contributed by atoms with Crippen LogP contribution < -0.4 is 21.3 Å². The molecule has 0 bridgehead atoms. The fourth-order valence-corrected chi connectivity index (χ4v) is 5.02. The van der Waals surface area contributed by atoms with Gasteiger partial charge in [0.05, 0.1) is 17.9 Å². The third-order valence-electron chi connectivity index (χ3n) is 6.47. The second kappa shape index (κ2) is 17.9. The van der Waals surface area contributed by atoms with E-state index in [1.165, 1.54) is 0 Å². The molecular weight excluding hydrogens is 596 g/mol. The second-order valence-electron chi connectivity index (χ2n) is 12.4.